The minimum absolute atomic E-state index is 0.116. The number of halogens is 3. The van der Waals surface area contributed by atoms with Crippen LogP contribution < -0.4 is 10.6 Å². The van der Waals surface area contributed by atoms with Gasteiger partial charge in [0.25, 0.3) is 5.91 Å². The van der Waals surface area contributed by atoms with Gasteiger partial charge >= 0.3 is 5.97 Å². The van der Waals surface area contributed by atoms with Crippen LogP contribution >= 0.6 is 0 Å². The summed E-state index contributed by atoms with van der Waals surface area (Å²) in [6, 6.07) is 7.42. The number of rotatable bonds is 6. The third kappa shape index (κ3) is 4.84. The first-order valence-electron chi connectivity index (χ1n) is 7.82. The molecule has 0 atom stereocenters. The van der Waals surface area contributed by atoms with Crippen molar-refractivity contribution < 1.29 is 32.3 Å². The number of amides is 2. The van der Waals surface area contributed by atoms with Gasteiger partial charge in [0.15, 0.2) is 17.5 Å². The molecule has 2 N–H and O–H groups in total. The Bertz CT molecular complexity index is 887. The molecule has 0 fully saturated rings. The lowest BCUT2D eigenvalue weighted by Gasteiger charge is -2.11. The summed E-state index contributed by atoms with van der Waals surface area (Å²) >= 11 is 0. The Morgan fingerprint density at radius 3 is 2.37 bits per heavy atom. The van der Waals surface area contributed by atoms with Crippen LogP contribution in [0.5, 0.6) is 0 Å². The van der Waals surface area contributed by atoms with Crippen molar-refractivity contribution in [1.29, 1.82) is 0 Å². The topological polar surface area (TPSA) is 84.5 Å². The number of anilines is 1. The monoisotopic (exact) mass is 380 g/mol. The van der Waals surface area contributed by atoms with E-state index in [1.807, 2.05) is 0 Å². The summed E-state index contributed by atoms with van der Waals surface area (Å²) in [7, 11) is 0. The molecule has 2 amide bonds. The molecule has 27 heavy (non-hydrogen) atoms. The molecule has 0 radical (unpaired) electrons. The van der Waals surface area contributed by atoms with Gasteiger partial charge in [-0.3, -0.25) is 9.59 Å². The Kier molecular flexibility index (Phi) is 6.53. The molecule has 0 aliphatic heterocycles. The van der Waals surface area contributed by atoms with E-state index in [4.69, 9.17) is 4.74 Å². The minimum atomic E-state index is -1.78. The highest BCUT2D eigenvalue weighted by Gasteiger charge is 2.19. The van der Waals surface area contributed by atoms with Crippen molar-refractivity contribution >= 4 is 23.5 Å². The van der Waals surface area contributed by atoms with E-state index >= 15 is 0 Å². The molecule has 0 saturated carbocycles. The Labute approximate surface area is 152 Å². The maximum absolute atomic E-state index is 13.6. The molecule has 0 aliphatic rings. The average molecular weight is 380 g/mol. The molecular weight excluding hydrogens is 365 g/mol. The van der Waals surface area contributed by atoms with E-state index in [0.717, 1.165) is 6.07 Å². The van der Waals surface area contributed by atoms with E-state index in [-0.39, 0.29) is 17.9 Å². The highest BCUT2D eigenvalue weighted by atomic mass is 19.2. The van der Waals surface area contributed by atoms with Crippen LogP contribution in [-0.2, 0) is 9.53 Å². The SMILES string of the molecule is CCOC(=O)c1ccccc1NC(=O)CNC(=O)c1ccc(F)c(F)c1F. The normalized spacial score (nSPS) is 10.2. The van der Waals surface area contributed by atoms with Crippen LogP contribution in [0.2, 0.25) is 0 Å². The highest BCUT2D eigenvalue weighted by molar-refractivity contribution is 6.03. The summed E-state index contributed by atoms with van der Waals surface area (Å²) in [5, 5.41) is 4.49. The standard InChI is InChI=1S/C18H15F3N2O4/c1-2-27-18(26)10-5-3-4-6-13(10)23-14(24)9-22-17(25)11-7-8-12(19)16(21)15(11)20/h3-8H,2,9H2,1H3,(H,22,25)(H,23,24). The van der Waals surface area contributed by atoms with Gasteiger partial charge < -0.3 is 15.4 Å². The van der Waals surface area contributed by atoms with Crippen LogP contribution in [0.4, 0.5) is 18.9 Å². The van der Waals surface area contributed by atoms with Crippen molar-refractivity contribution in [3.8, 4) is 0 Å². The lowest BCUT2D eigenvalue weighted by Crippen LogP contribution is -2.33. The molecule has 2 aromatic rings. The highest BCUT2D eigenvalue weighted by Crippen LogP contribution is 2.17. The van der Waals surface area contributed by atoms with Gasteiger partial charge in [0.2, 0.25) is 5.91 Å². The first-order valence-corrected chi connectivity index (χ1v) is 7.82. The molecule has 0 aromatic heterocycles. The van der Waals surface area contributed by atoms with Crippen molar-refractivity contribution in [2.75, 3.05) is 18.5 Å². The first kappa shape index (κ1) is 20.0. The summed E-state index contributed by atoms with van der Waals surface area (Å²) in [5.41, 5.74) is -0.464. The van der Waals surface area contributed by atoms with Crippen LogP contribution in [0.1, 0.15) is 27.6 Å². The van der Waals surface area contributed by atoms with E-state index < -0.39 is 47.3 Å². The molecule has 6 nitrogen and oxygen atoms in total. The lowest BCUT2D eigenvalue weighted by atomic mass is 10.1. The molecule has 0 saturated heterocycles. The van der Waals surface area contributed by atoms with E-state index in [1.165, 1.54) is 12.1 Å². The van der Waals surface area contributed by atoms with Crippen LogP contribution in [0.3, 0.4) is 0 Å². The molecule has 0 heterocycles. The van der Waals surface area contributed by atoms with Gasteiger partial charge in [0.05, 0.1) is 30.0 Å². The summed E-state index contributed by atoms with van der Waals surface area (Å²) in [4.78, 5) is 35.7. The molecule has 0 aliphatic carbocycles. The first-order chi connectivity index (χ1) is 12.8. The van der Waals surface area contributed by atoms with Gasteiger partial charge in [-0.15, -0.1) is 0 Å². The predicted molar refractivity (Wildman–Crippen MR) is 89.7 cm³/mol. The second-order valence-electron chi connectivity index (χ2n) is 5.22. The number of nitrogens with one attached hydrogen (secondary N) is 2. The zero-order chi connectivity index (χ0) is 20.0. The largest absolute Gasteiger partial charge is 0.462 e. The van der Waals surface area contributed by atoms with E-state index in [9.17, 15) is 27.6 Å². The number of carbonyl (C=O) groups is 3. The van der Waals surface area contributed by atoms with Crippen molar-refractivity contribution in [2.45, 2.75) is 6.92 Å². The molecule has 9 heteroatoms. The molecule has 2 aromatic carbocycles. The predicted octanol–water partition coefficient (Wildman–Crippen LogP) is 2.65. The molecule has 0 spiro atoms. The van der Waals surface area contributed by atoms with Crippen molar-refractivity contribution in [3.63, 3.8) is 0 Å². The number of ether oxygens (including phenoxy) is 1. The fourth-order valence-electron chi connectivity index (χ4n) is 2.13. The van der Waals surface area contributed by atoms with Gasteiger partial charge in [-0.1, -0.05) is 12.1 Å². The van der Waals surface area contributed by atoms with Gasteiger partial charge in [-0.25, -0.2) is 18.0 Å². The molecule has 0 bridgehead atoms. The maximum Gasteiger partial charge on any atom is 0.340 e. The minimum Gasteiger partial charge on any atom is -0.462 e. The Morgan fingerprint density at radius 1 is 0.963 bits per heavy atom. The number of carbonyl (C=O) groups excluding carboxylic acids is 3. The number of esters is 1. The summed E-state index contributed by atoms with van der Waals surface area (Å²) in [5.74, 6) is -7.32. The fourth-order valence-corrected chi connectivity index (χ4v) is 2.13. The lowest BCUT2D eigenvalue weighted by molar-refractivity contribution is -0.115. The van der Waals surface area contributed by atoms with Crippen molar-refractivity contribution in [3.05, 3.63) is 65.0 Å². The van der Waals surface area contributed by atoms with Gasteiger partial charge in [0, 0.05) is 0 Å². The second kappa shape index (κ2) is 8.84. The zero-order valence-electron chi connectivity index (χ0n) is 14.1. The van der Waals surface area contributed by atoms with Crippen LogP contribution in [0.25, 0.3) is 0 Å². The van der Waals surface area contributed by atoms with Crippen LogP contribution in [0, 0.1) is 17.5 Å². The number of benzene rings is 2. The Morgan fingerprint density at radius 2 is 1.67 bits per heavy atom. The summed E-state index contributed by atoms with van der Waals surface area (Å²) in [6.45, 7) is 1.19. The number of hydrogen-bond donors (Lipinski definition) is 2. The third-order valence-electron chi connectivity index (χ3n) is 3.39. The Hall–Kier alpha value is -3.36. The molecule has 0 unspecified atom stereocenters. The zero-order valence-corrected chi connectivity index (χ0v) is 14.1. The number of para-hydroxylation sites is 1. The van der Waals surface area contributed by atoms with Crippen LogP contribution in [0.15, 0.2) is 36.4 Å². The van der Waals surface area contributed by atoms with E-state index in [0.29, 0.717) is 6.07 Å². The van der Waals surface area contributed by atoms with Crippen molar-refractivity contribution in [2.24, 2.45) is 0 Å². The smallest absolute Gasteiger partial charge is 0.340 e. The van der Waals surface area contributed by atoms with Gasteiger partial charge in [-0.2, -0.15) is 0 Å². The van der Waals surface area contributed by atoms with Gasteiger partial charge in [-0.05, 0) is 31.2 Å². The fraction of sp³-hybridized carbons (Fsp3) is 0.167. The summed E-state index contributed by atoms with van der Waals surface area (Å²) in [6.07, 6.45) is 0. The summed E-state index contributed by atoms with van der Waals surface area (Å²) < 4.78 is 44.5. The van der Waals surface area contributed by atoms with Crippen molar-refractivity contribution in [1.82, 2.24) is 5.32 Å². The maximum atomic E-state index is 13.6. The van der Waals surface area contributed by atoms with E-state index in [1.54, 1.807) is 19.1 Å². The third-order valence-corrected chi connectivity index (χ3v) is 3.39. The molecule has 142 valence electrons. The quantitative estimate of drug-likeness (QED) is 0.596. The Balaban J connectivity index is 2.02. The second-order valence-corrected chi connectivity index (χ2v) is 5.22. The van der Waals surface area contributed by atoms with Crippen LogP contribution in [-0.4, -0.2) is 30.9 Å². The van der Waals surface area contributed by atoms with Gasteiger partial charge in [0.1, 0.15) is 0 Å². The van der Waals surface area contributed by atoms with E-state index in [2.05, 4.69) is 10.6 Å². The molecular formula is C18H15F3N2O4. The number of hydrogen-bond acceptors (Lipinski definition) is 4. The average Bonchev–Trinajstić information content (AvgIpc) is 2.65. The molecule has 2 rings (SSSR count).